The van der Waals surface area contributed by atoms with Crippen LogP contribution in [0.1, 0.15) is 39.5 Å². The van der Waals surface area contributed by atoms with Gasteiger partial charge in [0.25, 0.3) is 0 Å². The molecule has 0 radical (unpaired) electrons. The lowest BCUT2D eigenvalue weighted by Crippen LogP contribution is -2.47. The van der Waals surface area contributed by atoms with E-state index in [9.17, 15) is 4.79 Å². The lowest BCUT2D eigenvalue weighted by atomic mass is 10.0. The molecule has 0 saturated carbocycles. The van der Waals surface area contributed by atoms with E-state index in [1.165, 1.54) is 19.3 Å². The van der Waals surface area contributed by atoms with Crippen LogP contribution in [0.15, 0.2) is 0 Å². The second-order valence-corrected chi connectivity index (χ2v) is 6.28. The average molecular weight is 269 g/mol. The van der Waals surface area contributed by atoms with Gasteiger partial charge in [-0.05, 0) is 31.8 Å². The van der Waals surface area contributed by atoms with Crippen molar-refractivity contribution in [1.29, 1.82) is 0 Å². The van der Waals surface area contributed by atoms with E-state index in [1.54, 1.807) is 4.90 Å². The molecule has 0 aliphatic carbocycles. The molecule has 1 atom stereocenters. The van der Waals surface area contributed by atoms with Crippen LogP contribution < -0.4 is 5.32 Å². The van der Waals surface area contributed by atoms with Gasteiger partial charge in [0.1, 0.15) is 0 Å². The summed E-state index contributed by atoms with van der Waals surface area (Å²) < 4.78 is 0. The Morgan fingerprint density at radius 2 is 2.11 bits per heavy atom. The van der Waals surface area contributed by atoms with Crippen molar-refractivity contribution in [2.24, 2.45) is 5.92 Å². The van der Waals surface area contributed by atoms with E-state index in [0.717, 1.165) is 26.2 Å². The van der Waals surface area contributed by atoms with Gasteiger partial charge in [0.2, 0.25) is 5.91 Å². The van der Waals surface area contributed by atoms with E-state index in [2.05, 4.69) is 24.1 Å². The van der Waals surface area contributed by atoms with Crippen molar-refractivity contribution in [3.8, 4) is 0 Å². The van der Waals surface area contributed by atoms with Crippen LogP contribution in [0.3, 0.4) is 0 Å². The first-order chi connectivity index (χ1) is 9.00. The third kappa shape index (κ3) is 6.39. The molecule has 0 spiro atoms. The van der Waals surface area contributed by atoms with E-state index in [1.807, 2.05) is 14.1 Å². The van der Waals surface area contributed by atoms with Gasteiger partial charge in [0.05, 0.1) is 0 Å². The first kappa shape index (κ1) is 16.4. The van der Waals surface area contributed by atoms with Gasteiger partial charge in [-0.2, -0.15) is 0 Å². The van der Waals surface area contributed by atoms with Crippen LogP contribution in [0.4, 0.5) is 0 Å². The molecular formula is C15H31N3O. The second kappa shape index (κ2) is 8.54. The number of hydrogen-bond acceptors (Lipinski definition) is 3. The molecule has 1 fully saturated rings. The molecule has 4 heteroatoms. The standard InChI is InChI=1S/C15H31N3O/c1-13(2)11-16-12-14-7-5-6-9-18(14)10-8-15(19)17(3)4/h13-14,16H,5-12H2,1-4H3. The molecule has 1 saturated heterocycles. The van der Waals surface area contributed by atoms with E-state index in [4.69, 9.17) is 0 Å². The fraction of sp³-hybridized carbons (Fsp3) is 0.933. The van der Waals surface area contributed by atoms with Crippen molar-refractivity contribution in [2.45, 2.75) is 45.6 Å². The van der Waals surface area contributed by atoms with Crippen molar-refractivity contribution >= 4 is 5.91 Å². The Hall–Kier alpha value is -0.610. The minimum absolute atomic E-state index is 0.236. The van der Waals surface area contributed by atoms with E-state index in [-0.39, 0.29) is 5.91 Å². The highest BCUT2D eigenvalue weighted by atomic mass is 16.2. The van der Waals surface area contributed by atoms with Gasteiger partial charge in [-0.25, -0.2) is 0 Å². The molecule has 1 aliphatic rings. The van der Waals surface area contributed by atoms with E-state index < -0.39 is 0 Å². The SMILES string of the molecule is CC(C)CNCC1CCCCN1CCC(=O)N(C)C. The number of carbonyl (C=O) groups is 1. The van der Waals surface area contributed by atoms with Gasteiger partial charge in [-0.15, -0.1) is 0 Å². The van der Waals surface area contributed by atoms with Crippen LogP contribution in [0.2, 0.25) is 0 Å². The maximum absolute atomic E-state index is 11.7. The Kier molecular flexibility index (Phi) is 7.39. The summed E-state index contributed by atoms with van der Waals surface area (Å²) in [5.41, 5.74) is 0. The van der Waals surface area contributed by atoms with E-state index in [0.29, 0.717) is 18.4 Å². The minimum atomic E-state index is 0.236. The Morgan fingerprint density at radius 1 is 1.37 bits per heavy atom. The zero-order valence-electron chi connectivity index (χ0n) is 13.1. The molecule has 19 heavy (non-hydrogen) atoms. The average Bonchev–Trinajstić information content (AvgIpc) is 2.36. The Labute approximate surface area is 118 Å². The summed E-state index contributed by atoms with van der Waals surface area (Å²) in [6, 6.07) is 0.613. The molecule has 0 aromatic rings. The number of rotatable bonds is 7. The Bertz CT molecular complexity index is 266. The summed E-state index contributed by atoms with van der Waals surface area (Å²) in [5.74, 6) is 0.937. The molecule has 1 unspecified atom stereocenters. The maximum Gasteiger partial charge on any atom is 0.223 e. The zero-order valence-corrected chi connectivity index (χ0v) is 13.1. The van der Waals surface area contributed by atoms with Gasteiger partial charge in [-0.3, -0.25) is 9.69 Å². The molecule has 4 nitrogen and oxygen atoms in total. The van der Waals surface area contributed by atoms with Gasteiger partial charge in [0, 0.05) is 39.6 Å². The predicted molar refractivity (Wildman–Crippen MR) is 80.2 cm³/mol. The Morgan fingerprint density at radius 3 is 2.74 bits per heavy atom. The molecule has 1 amide bonds. The number of piperidine rings is 1. The zero-order chi connectivity index (χ0) is 14.3. The van der Waals surface area contributed by atoms with Crippen molar-refractivity contribution in [1.82, 2.24) is 15.1 Å². The maximum atomic E-state index is 11.7. The van der Waals surface area contributed by atoms with Crippen LogP contribution in [0.25, 0.3) is 0 Å². The molecule has 1 rings (SSSR count). The molecule has 0 aromatic carbocycles. The highest BCUT2D eigenvalue weighted by Gasteiger charge is 2.22. The topological polar surface area (TPSA) is 35.6 Å². The normalized spacial score (nSPS) is 20.8. The number of amides is 1. The van der Waals surface area contributed by atoms with Crippen LogP contribution in [-0.2, 0) is 4.79 Å². The van der Waals surface area contributed by atoms with Gasteiger partial charge in [0.15, 0.2) is 0 Å². The Balaban J connectivity index is 2.33. The number of nitrogens with zero attached hydrogens (tertiary/aromatic N) is 2. The molecule has 0 aromatic heterocycles. The highest BCUT2D eigenvalue weighted by molar-refractivity contribution is 5.75. The number of carbonyl (C=O) groups excluding carboxylic acids is 1. The van der Waals surface area contributed by atoms with Crippen LogP contribution in [0, 0.1) is 5.92 Å². The van der Waals surface area contributed by atoms with Crippen molar-refractivity contribution in [2.75, 3.05) is 40.3 Å². The van der Waals surface area contributed by atoms with Crippen molar-refractivity contribution in [3.63, 3.8) is 0 Å². The van der Waals surface area contributed by atoms with E-state index >= 15 is 0 Å². The summed E-state index contributed by atoms with van der Waals surface area (Å²) in [6.07, 6.45) is 4.51. The lowest BCUT2D eigenvalue weighted by Gasteiger charge is -2.36. The number of likely N-dealkylation sites (tertiary alicyclic amines) is 1. The summed E-state index contributed by atoms with van der Waals surface area (Å²) in [7, 11) is 3.67. The summed E-state index contributed by atoms with van der Waals surface area (Å²) in [5, 5.41) is 3.56. The monoisotopic (exact) mass is 269 g/mol. The largest absolute Gasteiger partial charge is 0.349 e. The minimum Gasteiger partial charge on any atom is -0.349 e. The fourth-order valence-corrected chi connectivity index (χ4v) is 2.59. The molecule has 1 N–H and O–H groups in total. The summed E-state index contributed by atoms with van der Waals surface area (Å²) in [4.78, 5) is 15.9. The van der Waals surface area contributed by atoms with Gasteiger partial charge < -0.3 is 10.2 Å². The van der Waals surface area contributed by atoms with Gasteiger partial charge in [-0.1, -0.05) is 20.3 Å². The van der Waals surface area contributed by atoms with Crippen molar-refractivity contribution in [3.05, 3.63) is 0 Å². The second-order valence-electron chi connectivity index (χ2n) is 6.28. The first-order valence-corrected chi connectivity index (χ1v) is 7.65. The first-order valence-electron chi connectivity index (χ1n) is 7.65. The molecule has 1 aliphatic heterocycles. The third-order valence-electron chi connectivity index (χ3n) is 3.79. The quantitative estimate of drug-likeness (QED) is 0.762. The molecular weight excluding hydrogens is 238 g/mol. The summed E-state index contributed by atoms with van der Waals surface area (Å²) in [6.45, 7) is 8.68. The van der Waals surface area contributed by atoms with Gasteiger partial charge >= 0.3 is 0 Å². The molecule has 1 heterocycles. The highest BCUT2D eigenvalue weighted by Crippen LogP contribution is 2.16. The number of hydrogen-bond donors (Lipinski definition) is 1. The summed E-state index contributed by atoms with van der Waals surface area (Å²) >= 11 is 0. The van der Waals surface area contributed by atoms with Crippen molar-refractivity contribution < 1.29 is 4.79 Å². The molecule has 0 bridgehead atoms. The smallest absolute Gasteiger partial charge is 0.223 e. The lowest BCUT2D eigenvalue weighted by molar-refractivity contribution is -0.129. The third-order valence-corrected chi connectivity index (χ3v) is 3.79. The van der Waals surface area contributed by atoms with Crippen LogP contribution >= 0.6 is 0 Å². The number of nitrogens with one attached hydrogen (secondary N) is 1. The van der Waals surface area contributed by atoms with Crippen LogP contribution in [-0.4, -0.2) is 62.0 Å². The fourth-order valence-electron chi connectivity index (χ4n) is 2.59. The predicted octanol–water partition coefficient (Wildman–Crippen LogP) is 1.56. The molecule has 112 valence electrons. The van der Waals surface area contributed by atoms with Crippen LogP contribution in [0.5, 0.6) is 0 Å².